The molecule has 0 spiro atoms. The lowest BCUT2D eigenvalue weighted by Gasteiger charge is -2.11. The van der Waals surface area contributed by atoms with Gasteiger partial charge in [-0.15, -0.1) is 11.3 Å². The summed E-state index contributed by atoms with van der Waals surface area (Å²) in [6.07, 6.45) is 0. The van der Waals surface area contributed by atoms with Crippen molar-refractivity contribution in [3.05, 3.63) is 40.4 Å². The summed E-state index contributed by atoms with van der Waals surface area (Å²) < 4.78 is 6.39. The molecule has 4 heterocycles. The fourth-order valence-corrected chi connectivity index (χ4v) is 4.85. The molecule has 1 aromatic carbocycles. The average molecular weight is 455 g/mol. The predicted molar refractivity (Wildman–Crippen MR) is 124 cm³/mol. The molecule has 4 aromatic rings. The predicted octanol–water partition coefficient (Wildman–Crippen LogP) is 4.58. The largest absolute Gasteiger partial charge is 0.464 e. The van der Waals surface area contributed by atoms with Crippen LogP contribution in [0.5, 0.6) is 6.01 Å². The minimum Gasteiger partial charge on any atom is -0.464 e. The normalized spacial score (nSPS) is 15.8. The maximum atomic E-state index is 12.6. The second-order valence-corrected chi connectivity index (χ2v) is 8.62. The Hall–Kier alpha value is -3.17. The number of nitrogens with zero attached hydrogens (tertiary/aromatic N) is 3. The average Bonchev–Trinajstić information content (AvgIpc) is 3.04. The molecule has 158 valence electrons. The van der Waals surface area contributed by atoms with Gasteiger partial charge in [-0.3, -0.25) is 4.79 Å². The molecule has 10 heteroatoms. The molecule has 0 unspecified atom stereocenters. The number of benzene rings is 1. The number of aromatic nitrogens is 3. The monoisotopic (exact) mass is 454 g/mol. The Morgan fingerprint density at radius 2 is 2.10 bits per heavy atom. The van der Waals surface area contributed by atoms with E-state index < -0.39 is 0 Å². The van der Waals surface area contributed by atoms with E-state index in [2.05, 4.69) is 25.9 Å². The van der Waals surface area contributed by atoms with Gasteiger partial charge in [-0.05, 0) is 38.1 Å². The van der Waals surface area contributed by atoms with Crippen molar-refractivity contribution in [2.75, 3.05) is 23.8 Å². The first-order chi connectivity index (χ1) is 15.0. The third-order valence-electron chi connectivity index (χ3n) is 4.89. The van der Waals surface area contributed by atoms with Crippen LogP contribution in [0, 0.1) is 0 Å². The maximum Gasteiger partial charge on any atom is 0.319 e. The van der Waals surface area contributed by atoms with Crippen LogP contribution < -0.4 is 20.7 Å². The van der Waals surface area contributed by atoms with E-state index in [1.165, 1.54) is 11.3 Å². The maximum absolute atomic E-state index is 12.6. The van der Waals surface area contributed by atoms with E-state index in [1.807, 2.05) is 38.1 Å². The molecule has 5 rings (SSSR count). The van der Waals surface area contributed by atoms with Crippen LogP contribution in [0.15, 0.2) is 30.3 Å². The van der Waals surface area contributed by atoms with E-state index in [-0.39, 0.29) is 23.1 Å². The second kappa shape index (κ2) is 7.82. The smallest absolute Gasteiger partial charge is 0.319 e. The van der Waals surface area contributed by atoms with Crippen molar-refractivity contribution in [1.82, 2.24) is 20.3 Å². The van der Waals surface area contributed by atoms with Gasteiger partial charge in [0.25, 0.3) is 5.91 Å². The van der Waals surface area contributed by atoms with Crippen LogP contribution in [0.4, 0.5) is 17.3 Å². The van der Waals surface area contributed by atoms with E-state index in [9.17, 15) is 4.79 Å². The molecular weight excluding hydrogens is 436 g/mol. The van der Waals surface area contributed by atoms with Gasteiger partial charge in [-0.1, -0.05) is 11.6 Å². The molecule has 8 nitrogen and oxygen atoms in total. The number of ether oxygens (including phenoxy) is 1. The summed E-state index contributed by atoms with van der Waals surface area (Å²) in [4.78, 5) is 26.4. The van der Waals surface area contributed by atoms with Crippen molar-refractivity contribution in [3.63, 3.8) is 0 Å². The van der Waals surface area contributed by atoms with Gasteiger partial charge >= 0.3 is 6.01 Å². The van der Waals surface area contributed by atoms with Crippen LogP contribution in [-0.4, -0.2) is 40.1 Å². The molecule has 3 aromatic heterocycles. The van der Waals surface area contributed by atoms with Gasteiger partial charge in [-0.2, -0.15) is 9.97 Å². The third-order valence-corrected chi connectivity index (χ3v) is 6.24. The van der Waals surface area contributed by atoms with Gasteiger partial charge in [0, 0.05) is 34.1 Å². The molecule has 31 heavy (non-hydrogen) atoms. The molecule has 1 atom stereocenters. The number of carbonyl (C=O) groups is 1. The van der Waals surface area contributed by atoms with Crippen molar-refractivity contribution < 1.29 is 9.53 Å². The number of anilines is 3. The standard InChI is InChI=1S/C21H19ClN6O2S/c1-3-30-21-26-14(22)8-16(28-21)27-15-7-4-11-12(25-15)5-6-13-17(11)18-19(31-13)20(29)24-10(2)9-23-18/h4-8,10,23H,3,9H2,1-2H3,(H,24,29)(H,25,26,27,28)/t10-/m1/s1. The first-order valence-corrected chi connectivity index (χ1v) is 11.1. The summed E-state index contributed by atoms with van der Waals surface area (Å²) >= 11 is 7.56. The van der Waals surface area contributed by atoms with E-state index in [0.29, 0.717) is 29.7 Å². The number of amides is 1. The number of carbonyl (C=O) groups excluding carboxylic acids is 1. The Balaban J connectivity index is 1.55. The van der Waals surface area contributed by atoms with Gasteiger partial charge in [0.2, 0.25) is 0 Å². The molecule has 1 aliphatic heterocycles. The molecule has 0 radical (unpaired) electrons. The first-order valence-electron chi connectivity index (χ1n) is 9.87. The minimum atomic E-state index is -0.0427. The summed E-state index contributed by atoms with van der Waals surface area (Å²) in [5, 5.41) is 11.9. The molecule has 1 amide bonds. The zero-order chi connectivity index (χ0) is 21.5. The van der Waals surface area contributed by atoms with Crippen LogP contribution in [0.2, 0.25) is 5.15 Å². The molecular formula is C21H19ClN6O2S. The van der Waals surface area contributed by atoms with Crippen molar-refractivity contribution >= 4 is 67.2 Å². The molecule has 0 saturated heterocycles. The van der Waals surface area contributed by atoms with Crippen LogP contribution in [0.3, 0.4) is 0 Å². The highest BCUT2D eigenvalue weighted by Gasteiger charge is 2.24. The lowest BCUT2D eigenvalue weighted by Crippen LogP contribution is -2.34. The Morgan fingerprint density at radius 1 is 1.23 bits per heavy atom. The summed E-state index contributed by atoms with van der Waals surface area (Å²) in [6.45, 7) is 4.95. The summed E-state index contributed by atoms with van der Waals surface area (Å²) in [7, 11) is 0. The van der Waals surface area contributed by atoms with E-state index >= 15 is 0 Å². The molecule has 0 fully saturated rings. The van der Waals surface area contributed by atoms with Gasteiger partial charge in [0.15, 0.2) is 0 Å². The van der Waals surface area contributed by atoms with Gasteiger partial charge in [-0.25, -0.2) is 4.98 Å². The van der Waals surface area contributed by atoms with Crippen molar-refractivity contribution in [3.8, 4) is 6.01 Å². The fraction of sp³-hybridized carbons (Fsp3) is 0.238. The number of pyridine rings is 1. The SMILES string of the molecule is CCOc1nc(Cl)cc(Nc2ccc3c(ccc4sc5c(c43)NC[C@@H](C)NC5=O)n2)n1. The van der Waals surface area contributed by atoms with Crippen molar-refractivity contribution in [2.45, 2.75) is 19.9 Å². The van der Waals surface area contributed by atoms with Crippen molar-refractivity contribution in [1.29, 1.82) is 0 Å². The molecule has 0 aliphatic carbocycles. The van der Waals surface area contributed by atoms with E-state index in [1.54, 1.807) is 6.07 Å². The van der Waals surface area contributed by atoms with Gasteiger partial charge in [0.1, 0.15) is 21.7 Å². The highest BCUT2D eigenvalue weighted by Crippen LogP contribution is 2.41. The topological polar surface area (TPSA) is 101 Å². The van der Waals surface area contributed by atoms with E-state index in [4.69, 9.17) is 21.3 Å². The van der Waals surface area contributed by atoms with Gasteiger partial charge < -0.3 is 20.7 Å². The van der Waals surface area contributed by atoms with Crippen LogP contribution >= 0.6 is 22.9 Å². The Bertz CT molecular complexity index is 1320. The van der Waals surface area contributed by atoms with Gasteiger partial charge in [0.05, 0.1) is 17.8 Å². The number of hydrogen-bond acceptors (Lipinski definition) is 8. The molecule has 3 N–H and O–H groups in total. The van der Waals surface area contributed by atoms with E-state index in [0.717, 1.165) is 26.7 Å². The molecule has 1 aliphatic rings. The van der Waals surface area contributed by atoms with Crippen molar-refractivity contribution in [2.24, 2.45) is 0 Å². The lowest BCUT2D eigenvalue weighted by atomic mass is 10.1. The number of nitrogens with one attached hydrogen (secondary N) is 3. The number of halogens is 1. The highest BCUT2D eigenvalue weighted by atomic mass is 35.5. The fourth-order valence-electron chi connectivity index (χ4n) is 3.58. The number of rotatable bonds is 4. The summed E-state index contributed by atoms with van der Waals surface area (Å²) in [6, 6.07) is 9.72. The number of thiophene rings is 1. The minimum absolute atomic E-state index is 0.0427. The molecule has 0 bridgehead atoms. The summed E-state index contributed by atoms with van der Waals surface area (Å²) in [5.74, 6) is 1.07. The van der Waals surface area contributed by atoms with Crippen LogP contribution in [0.25, 0.3) is 21.0 Å². The Morgan fingerprint density at radius 3 is 2.94 bits per heavy atom. The lowest BCUT2D eigenvalue weighted by molar-refractivity contribution is 0.0949. The number of hydrogen-bond donors (Lipinski definition) is 3. The zero-order valence-electron chi connectivity index (χ0n) is 16.8. The summed E-state index contributed by atoms with van der Waals surface area (Å²) in [5.41, 5.74) is 1.68. The zero-order valence-corrected chi connectivity index (χ0v) is 18.4. The Labute approximate surface area is 187 Å². The Kier molecular flexibility index (Phi) is 4.99. The molecule has 0 saturated carbocycles. The quantitative estimate of drug-likeness (QED) is 0.388. The number of fused-ring (bicyclic) bond motifs is 5. The highest BCUT2D eigenvalue weighted by molar-refractivity contribution is 7.21. The second-order valence-electron chi connectivity index (χ2n) is 7.18. The first kappa shape index (κ1) is 19.8. The van der Waals surface area contributed by atoms with Crippen LogP contribution in [-0.2, 0) is 0 Å². The third kappa shape index (κ3) is 3.70. The van der Waals surface area contributed by atoms with Crippen LogP contribution in [0.1, 0.15) is 23.5 Å².